The van der Waals surface area contributed by atoms with Crippen LogP contribution in [0, 0.1) is 0 Å². The maximum atomic E-state index is 11.9. The molecule has 0 spiro atoms. The summed E-state index contributed by atoms with van der Waals surface area (Å²) >= 11 is 11.6. The Bertz CT molecular complexity index is 902. The van der Waals surface area contributed by atoms with Gasteiger partial charge in [0.2, 0.25) is 23.6 Å². The lowest BCUT2D eigenvalue weighted by atomic mass is 10.1. The van der Waals surface area contributed by atoms with Crippen LogP contribution in [-0.4, -0.2) is 23.6 Å². The number of benzene rings is 2. The molecule has 0 aliphatic carbocycles. The first-order valence-corrected chi connectivity index (χ1v) is 12.2. The SMILES string of the molecule is O=C(CCCCCCCC(=O)NNC(=O)Cc1ccc(Cl)cc1)NNC(=O)Cc1ccc(Cl)cc1. The van der Waals surface area contributed by atoms with E-state index in [0.29, 0.717) is 35.7 Å². The molecular weight excluding hydrogens is 491 g/mol. The molecule has 0 aromatic heterocycles. The van der Waals surface area contributed by atoms with Gasteiger partial charge in [0.25, 0.3) is 0 Å². The Morgan fingerprint density at radius 3 is 1.17 bits per heavy atom. The lowest BCUT2D eigenvalue weighted by Crippen LogP contribution is -2.42. The molecule has 0 saturated heterocycles. The Balaban J connectivity index is 1.43. The third-order valence-corrected chi connectivity index (χ3v) is 5.55. The fourth-order valence-electron chi connectivity index (χ4n) is 3.17. The second-order valence-corrected chi connectivity index (χ2v) is 8.94. The number of hydrogen-bond donors (Lipinski definition) is 4. The normalized spacial score (nSPS) is 10.3. The average Bonchev–Trinajstić information content (AvgIpc) is 2.83. The van der Waals surface area contributed by atoms with Crippen LogP contribution in [0.2, 0.25) is 10.0 Å². The number of carbonyl (C=O) groups is 4. The van der Waals surface area contributed by atoms with E-state index in [2.05, 4.69) is 21.7 Å². The molecule has 4 amide bonds. The van der Waals surface area contributed by atoms with Crippen LogP contribution >= 0.6 is 23.2 Å². The smallest absolute Gasteiger partial charge is 0.242 e. The lowest BCUT2D eigenvalue weighted by Gasteiger charge is -2.08. The van der Waals surface area contributed by atoms with Crippen LogP contribution in [0.4, 0.5) is 0 Å². The first-order chi connectivity index (χ1) is 16.8. The van der Waals surface area contributed by atoms with Gasteiger partial charge in [0, 0.05) is 22.9 Å². The monoisotopic (exact) mass is 520 g/mol. The van der Waals surface area contributed by atoms with Gasteiger partial charge in [0.1, 0.15) is 0 Å². The largest absolute Gasteiger partial charge is 0.273 e. The van der Waals surface area contributed by atoms with E-state index in [1.165, 1.54) is 0 Å². The molecule has 0 aliphatic rings. The van der Waals surface area contributed by atoms with E-state index in [-0.39, 0.29) is 36.5 Å². The summed E-state index contributed by atoms with van der Waals surface area (Å²) in [6, 6.07) is 13.8. The van der Waals surface area contributed by atoms with Crippen molar-refractivity contribution in [1.29, 1.82) is 0 Å². The summed E-state index contributed by atoms with van der Waals surface area (Å²) in [5.74, 6) is -1.11. The summed E-state index contributed by atoms with van der Waals surface area (Å²) in [6.07, 6.45) is 4.85. The minimum atomic E-state index is -0.305. The molecule has 8 nitrogen and oxygen atoms in total. The number of unbranched alkanes of at least 4 members (excludes halogenated alkanes) is 4. The van der Waals surface area contributed by atoms with E-state index < -0.39 is 0 Å². The van der Waals surface area contributed by atoms with Crippen molar-refractivity contribution >= 4 is 46.8 Å². The van der Waals surface area contributed by atoms with Gasteiger partial charge in [-0.1, -0.05) is 66.7 Å². The van der Waals surface area contributed by atoms with Gasteiger partial charge < -0.3 is 0 Å². The molecule has 0 unspecified atom stereocenters. The molecule has 10 heteroatoms. The van der Waals surface area contributed by atoms with Crippen LogP contribution in [0.15, 0.2) is 48.5 Å². The fourth-order valence-corrected chi connectivity index (χ4v) is 3.42. The summed E-state index contributed by atoms with van der Waals surface area (Å²) in [5.41, 5.74) is 11.2. The van der Waals surface area contributed by atoms with Gasteiger partial charge in [-0.2, -0.15) is 0 Å². The maximum absolute atomic E-state index is 11.9. The third kappa shape index (κ3) is 12.8. The highest BCUT2D eigenvalue weighted by molar-refractivity contribution is 6.30. The van der Waals surface area contributed by atoms with Gasteiger partial charge in [-0.05, 0) is 48.2 Å². The summed E-state index contributed by atoms with van der Waals surface area (Å²) in [4.78, 5) is 47.4. The topological polar surface area (TPSA) is 116 Å². The second-order valence-electron chi connectivity index (χ2n) is 8.07. The quantitative estimate of drug-likeness (QED) is 0.251. The predicted molar refractivity (Wildman–Crippen MR) is 135 cm³/mol. The lowest BCUT2D eigenvalue weighted by molar-refractivity contribution is -0.128. The van der Waals surface area contributed by atoms with Crippen LogP contribution < -0.4 is 21.7 Å². The Hall–Kier alpha value is -3.10. The molecular formula is C25H30Cl2N4O4. The van der Waals surface area contributed by atoms with E-state index >= 15 is 0 Å². The van der Waals surface area contributed by atoms with E-state index in [1.807, 2.05) is 0 Å². The molecule has 188 valence electrons. The second kappa shape index (κ2) is 15.7. The Morgan fingerprint density at radius 1 is 0.486 bits per heavy atom. The summed E-state index contributed by atoms with van der Waals surface area (Å²) < 4.78 is 0. The number of hydrazine groups is 2. The van der Waals surface area contributed by atoms with Crippen LogP contribution in [0.5, 0.6) is 0 Å². The van der Waals surface area contributed by atoms with E-state index in [0.717, 1.165) is 30.4 Å². The van der Waals surface area contributed by atoms with Gasteiger partial charge in [0.05, 0.1) is 12.8 Å². The van der Waals surface area contributed by atoms with Crippen LogP contribution in [0.25, 0.3) is 0 Å². The van der Waals surface area contributed by atoms with Crippen LogP contribution in [0.3, 0.4) is 0 Å². The molecule has 0 aliphatic heterocycles. The maximum Gasteiger partial charge on any atom is 0.242 e. The number of halogens is 2. The molecule has 0 fully saturated rings. The van der Waals surface area contributed by atoms with E-state index in [4.69, 9.17) is 23.2 Å². The fraction of sp³-hybridized carbons (Fsp3) is 0.360. The standard InChI is InChI=1S/C25H30Cl2N4O4/c26-20-12-8-18(9-13-20)16-24(34)30-28-22(32)6-4-2-1-3-5-7-23(33)29-31-25(35)17-19-10-14-21(27)15-11-19/h8-15H,1-7,16-17H2,(H,28,32)(H,29,33)(H,30,34)(H,31,35). The molecule has 0 heterocycles. The molecule has 0 atom stereocenters. The van der Waals surface area contributed by atoms with Crippen molar-refractivity contribution < 1.29 is 19.2 Å². The zero-order valence-electron chi connectivity index (χ0n) is 19.4. The molecule has 2 aromatic carbocycles. The summed E-state index contributed by atoms with van der Waals surface area (Å²) in [5, 5.41) is 1.20. The zero-order valence-corrected chi connectivity index (χ0v) is 20.9. The van der Waals surface area contributed by atoms with E-state index in [1.54, 1.807) is 48.5 Å². The molecule has 2 rings (SSSR count). The number of amides is 4. The molecule has 35 heavy (non-hydrogen) atoms. The van der Waals surface area contributed by atoms with Crippen molar-refractivity contribution in [2.45, 2.75) is 57.8 Å². The summed E-state index contributed by atoms with van der Waals surface area (Å²) in [7, 11) is 0. The van der Waals surface area contributed by atoms with Crippen molar-refractivity contribution in [3.8, 4) is 0 Å². The van der Waals surface area contributed by atoms with E-state index in [9.17, 15) is 19.2 Å². The Kier molecular flexibility index (Phi) is 12.7. The van der Waals surface area contributed by atoms with Crippen molar-refractivity contribution in [2.75, 3.05) is 0 Å². The zero-order chi connectivity index (χ0) is 25.5. The first kappa shape index (κ1) is 28.1. The number of hydrogen-bond acceptors (Lipinski definition) is 4. The Morgan fingerprint density at radius 2 is 0.800 bits per heavy atom. The number of rotatable bonds is 12. The summed E-state index contributed by atoms with van der Waals surface area (Å²) in [6.45, 7) is 0. The minimum absolute atomic E-state index is 0.150. The van der Waals surface area contributed by atoms with Gasteiger partial charge in [-0.25, -0.2) is 0 Å². The van der Waals surface area contributed by atoms with Gasteiger partial charge >= 0.3 is 0 Å². The number of carbonyl (C=O) groups excluding carboxylic acids is 4. The Labute approximate surface area is 215 Å². The number of nitrogens with one attached hydrogen (secondary N) is 4. The first-order valence-electron chi connectivity index (χ1n) is 11.5. The molecule has 0 saturated carbocycles. The van der Waals surface area contributed by atoms with Crippen LogP contribution in [0.1, 0.15) is 56.1 Å². The molecule has 4 N–H and O–H groups in total. The highest BCUT2D eigenvalue weighted by Gasteiger charge is 2.08. The third-order valence-electron chi connectivity index (χ3n) is 5.05. The van der Waals surface area contributed by atoms with Crippen molar-refractivity contribution in [3.63, 3.8) is 0 Å². The average molecular weight is 521 g/mol. The molecule has 2 aromatic rings. The van der Waals surface area contributed by atoms with Gasteiger partial charge in [-0.3, -0.25) is 40.9 Å². The van der Waals surface area contributed by atoms with Crippen molar-refractivity contribution in [3.05, 3.63) is 69.7 Å². The highest BCUT2D eigenvalue weighted by Crippen LogP contribution is 2.11. The van der Waals surface area contributed by atoms with Crippen molar-refractivity contribution in [1.82, 2.24) is 21.7 Å². The predicted octanol–water partition coefficient (Wildman–Crippen LogP) is 3.80. The molecule has 0 bridgehead atoms. The van der Waals surface area contributed by atoms with Crippen LogP contribution in [-0.2, 0) is 32.0 Å². The minimum Gasteiger partial charge on any atom is -0.273 e. The molecule has 0 radical (unpaired) electrons. The van der Waals surface area contributed by atoms with Crippen molar-refractivity contribution in [2.24, 2.45) is 0 Å². The highest BCUT2D eigenvalue weighted by atomic mass is 35.5. The van der Waals surface area contributed by atoms with Gasteiger partial charge in [-0.15, -0.1) is 0 Å². The van der Waals surface area contributed by atoms with Gasteiger partial charge in [0.15, 0.2) is 0 Å².